The highest BCUT2D eigenvalue weighted by molar-refractivity contribution is 9.10. The van der Waals surface area contributed by atoms with Crippen molar-refractivity contribution in [3.8, 4) is 5.75 Å². The summed E-state index contributed by atoms with van der Waals surface area (Å²) in [5, 5.41) is 0. The zero-order valence-corrected chi connectivity index (χ0v) is 13.3. The maximum Gasteiger partial charge on any atom is 0.225 e. The molecule has 0 bridgehead atoms. The van der Waals surface area contributed by atoms with Gasteiger partial charge < -0.3 is 9.64 Å². The molecular formula is C16H20BrNO2. The fourth-order valence-corrected chi connectivity index (χ4v) is 3.21. The summed E-state index contributed by atoms with van der Waals surface area (Å²) in [6, 6.07) is 7.94. The number of amides is 1. The maximum absolute atomic E-state index is 12.2. The van der Waals surface area contributed by atoms with Gasteiger partial charge in [-0.05, 0) is 30.5 Å². The highest BCUT2D eigenvalue weighted by Gasteiger charge is 2.42. The molecule has 20 heavy (non-hydrogen) atoms. The summed E-state index contributed by atoms with van der Waals surface area (Å²) in [5.41, 5.74) is 0. The van der Waals surface area contributed by atoms with Crippen LogP contribution in [0.25, 0.3) is 0 Å². The van der Waals surface area contributed by atoms with Crippen LogP contribution in [0.2, 0.25) is 0 Å². The number of carbonyl (C=O) groups is 1. The molecule has 1 heterocycles. The van der Waals surface area contributed by atoms with Crippen LogP contribution in [-0.4, -0.2) is 30.0 Å². The van der Waals surface area contributed by atoms with Gasteiger partial charge in [-0.2, -0.15) is 0 Å². The topological polar surface area (TPSA) is 29.5 Å². The van der Waals surface area contributed by atoms with E-state index >= 15 is 0 Å². The Bertz CT molecular complexity index is 497. The summed E-state index contributed by atoms with van der Waals surface area (Å²) in [6.07, 6.45) is 3.16. The minimum atomic E-state index is 0.227. The van der Waals surface area contributed by atoms with Crippen molar-refractivity contribution in [1.29, 1.82) is 0 Å². The first kappa shape index (κ1) is 13.9. The molecule has 3 nitrogen and oxygen atoms in total. The van der Waals surface area contributed by atoms with Crippen molar-refractivity contribution >= 4 is 21.8 Å². The van der Waals surface area contributed by atoms with Crippen LogP contribution >= 0.6 is 15.9 Å². The van der Waals surface area contributed by atoms with Gasteiger partial charge in [0, 0.05) is 36.3 Å². The van der Waals surface area contributed by atoms with E-state index in [0.717, 1.165) is 42.6 Å². The third-order valence-corrected chi connectivity index (χ3v) is 4.77. The number of hydrogen-bond acceptors (Lipinski definition) is 2. The Morgan fingerprint density at radius 1 is 1.35 bits per heavy atom. The molecule has 1 aliphatic heterocycles. The lowest BCUT2D eigenvalue weighted by molar-refractivity contribution is -0.134. The van der Waals surface area contributed by atoms with E-state index in [1.54, 1.807) is 0 Å². The first-order valence-electron chi connectivity index (χ1n) is 7.34. The summed E-state index contributed by atoms with van der Waals surface area (Å²) in [6.45, 7) is 3.83. The lowest BCUT2D eigenvalue weighted by Crippen LogP contribution is -2.42. The molecule has 2 aliphatic rings. The number of carbonyl (C=O) groups excluding carboxylic acids is 1. The molecule has 0 spiro atoms. The van der Waals surface area contributed by atoms with E-state index in [4.69, 9.17) is 4.74 Å². The minimum absolute atomic E-state index is 0.227. The van der Waals surface area contributed by atoms with Crippen molar-refractivity contribution in [1.82, 2.24) is 4.90 Å². The molecule has 4 heteroatoms. The molecule has 108 valence electrons. The van der Waals surface area contributed by atoms with Gasteiger partial charge in [-0.3, -0.25) is 4.79 Å². The van der Waals surface area contributed by atoms with Gasteiger partial charge in [0.15, 0.2) is 0 Å². The molecule has 1 saturated carbocycles. The molecule has 0 radical (unpaired) electrons. The standard InChI is InChI=1S/C16H20BrNO2/c1-11-9-15(11)16(19)18-7-5-13(6-8-18)20-14-4-2-3-12(17)10-14/h2-4,10-11,13,15H,5-9H2,1H3/t11-,15+/m0/s1. The van der Waals surface area contributed by atoms with Gasteiger partial charge in [-0.15, -0.1) is 0 Å². The largest absolute Gasteiger partial charge is 0.490 e. The van der Waals surface area contributed by atoms with Crippen molar-refractivity contribution in [2.75, 3.05) is 13.1 Å². The third-order valence-electron chi connectivity index (χ3n) is 4.28. The fourth-order valence-electron chi connectivity index (χ4n) is 2.83. The van der Waals surface area contributed by atoms with E-state index in [1.165, 1.54) is 0 Å². The van der Waals surface area contributed by atoms with Crippen LogP contribution in [0.1, 0.15) is 26.2 Å². The van der Waals surface area contributed by atoms with Crippen molar-refractivity contribution in [3.63, 3.8) is 0 Å². The molecule has 0 unspecified atom stereocenters. The SMILES string of the molecule is C[C@H]1C[C@H]1C(=O)N1CCC(Oc2cccc(Br)c2)CC1. The maximum atomic E-state index is 12.2. The summed E-state index contributed by atoms with van der Waals surface area (Å²) in [7, 11) is 0. The van der Waals surface area contributed by atoms with Crippen LogP contribution in [0.15, 0.2) is 28.7 Å². The summed E-state index contributed by atoms with van der Waals surface area (Å²) in [5.74, 6) is 2.16. The Balaban J connectivity index is 1.50. The average molecular weight is 338 g/mol. The second kappa shape index (κ2) is 5.76. The van der Waals surface area contributed by atoms with Crippen LogP contribution in [0.5, 0.6) is 5.75 Å². The zero-order chi connectivity index (χ0) is 14.1. The normalized spacial score (nSPS) is 26.4. The van der Waals surface area contributed by atoms with Gasteiger partial charge in [0.2, 0.25) is 5.91 Å². The Morgan fingerprint density at radius 3 is 2.65 bits per heavy atom. The molecule has 2 atom stereocenters. The molecule has 1 saturated heterocycles. The van der Waals surface area contributed by atoms with Crippen molar-refractivity contribution in [2.24, 2.45) is 11.8 Å². The smallest absolute Gasteiger partial charge is 0.225 e. The molecule has 0 N–H and O–H groups in total. The summed E-state index contributed by atoms with van der Waals surface area (Å²) >= 11 is 3.45. The first-order chi connectivity index (χ1) is 9.63. The van der Waals surface area contributed by atoms with Crippen molar-refractivity contribution in [3.05, 3.63) is 28.7 Å². The Kier molecular flexibility index (Phi) is 4.01. The van der Waals surface area contributed by atoms with Gasteiger partial charge in [-0.1, -0.05) is 28.9 Å². The van der Waals surface area contributed by atoms with E-state index in [1.807, 2.05) is 29.2 Å². The molecule has 1 aromatic rings. The predicted molar refractivity (Wildman–Crippen MR) is 81.6 cm³/mol. The lowest BCUT2D eigenvalue weighted by atomic mass is 10.1. The minimum Gasteiger partial charge on any atom is -0.490 e. The van der Waals surface area contributed by atoms with Crippen molar-refractivity contribution in [2.45, 2.75) is 32.3 Å². The van der Waals surface area contributed by atoms with Crippen molar-refractivity contribution < 1.29 is 9.53 Å². The quantitative estimate of drug-likeness (QED) is 0.845. The number of piperidine rings is 1. The van der Waals surface area contributed by atoms with Gasteiger partial charge >= 0.3 is 0 Å². The van der Waals surface area contributed by atoms with E-state index < -0.39 is 0 Å². The van der Waals surface area contributed by atoms with Crippen LogP contribution in [0.4, 0.5) is 0 Å². The Morgan fingerprint density at radius 2 is 2.05 bits per heavy atom. The number of likely N-dealkylation sites (tertiary alicyclic amines) is 1. The number of benzene rings is 1. The second-order valence-electron chi connectivity index (χ2n) is 5.92. The van der Waals surface area contributed by atoms with E-state index in [0.29, 0.717) is 17.7 Å². The molecule has 2 fully saturated rings. The molecule has 1 aliphatic carbocycles. The van der Waals surface area contributed by atoms with Gasteiger partial charge in [0.25, 0.3) is 0 Å². The van der Waals surface area contributed by atoms with E-state index in [-0.39, 0.29) is 6.10 Å². The highest BCUT2D eigenvalue weighted by Crippen LogP contribution is 2.39. The highest BCUT2D eigenvalue weighted by atomic mass is 79.9. The lowest BCUT2D eigenvalue weighted by Gasteiger charge is -2.32. The molecule has 1 amide bonds. The number of halogens is 1. The van der Waals surface area contributed by atoms with Gasteiger partial charge in [0.05, 0.1) is 0 Å². The van der Waals surface area contributed by atoms with Crippen LogP contribution < -0.4 is 4.74 Å². The molecule has 1 aromatic carbocycles. The second-order valence-corrected chi connectivity index (χ2v) is 6.84. The number of rotatable bonds is 3. The first-order valence-corrected chi connectivity index (χ1v) is 8.14. The summed E-state index contributed by atoms with van der Waals surface area (Å²) < 4.78 is 7.03. The molecule has 0 aromatic heterocycles. The van der Waals surface area contributed by atoms with E-state index in [9.17, 15) is 4.79 Å². The van der Waals surface area contributed by atoms with Crippen LogP contribution in [0.3, 0.4) is 0 Å². The number of nitrogens with zero attached hydrogens (tertiary/aromatic N) is 1. The summed E-state index contributed by atoms with van der Waals surface area (Å²) in [4.78, 5) is 14.2. The van der Waals surface area contributed by atoms with Gasteiger partial charge in [-0.25, -0.2) is 0 Å². The Labute approximate surface area is 128 Å². The van der Waals surface area contributed by atoms with Crippen LogP contribution in [0, 0.1) is 11.8 Å². The van der Waals surface area contributed by atoms with Gasteiger partial charge in [0.1, 0.15) is 11.9 Å². The number of hydrogen-bond donors (Lipinski definition) is 0. The van der Waals surface area contributed by atoms with Crippen LogP contribution in [-0.2, 0) is 4.79 Å². The third kappa shape index (κ3) is 3.17. The van der Waals surface area contributed by atoms with E-state index in [2.05, 4.69) is 22.9 Å². The molecular weight excluding hydrogens is 318 g/mol. The fraction of sp³-hybridized carbons (Fsp3) is 0.562. The average Bonchev–Trinajstić information content (AvgIpc) is 3.16. The Hall–Kier alpha value is -1.03. The predicted octanol–water partition coefficient (Wildman–Crippen LogP) is 3.47. The monoisotopic (exact) mass is 337 g/mol. The molecule has 3 rings (SSSR count). The number of ether oxygens (including phenoxy) is 1. The zero-order valence-electron chi connectivity index (χ0n) is 11.7.